The van der Waals surface area contributed by atoms with Gasteiger partial charge in [0, 0.05) is 0 Å². The molecule has 6 heteroatoms. The molecule has 0 aromatic rings. The molecule has 0 aliphatic heterocycles. The van der Waals surface area contributed by atoms with E-state index in [1.807, 2.05) is 0 Å². The fourth-order valence-electron chi connectivity index (χ4n) is 4.64. The first kappa shape index (κ1) is 32.6. The second-order valence-corrected chi connectivity index (χ2v) is 11.4. The highest BCUT2D eigenvalue weighted by atomic mass is 16.7. The summed E-state index contributed by atoms with van der Waals surface area (Å²) in [6.45, 7) is 9.93. The summed E-state index contributed by atoms with van der Waals surface area (Å²) >= 11 is 0. The number of rotatable bonds is 20. The molecular formula is C30H56O6. The zero-order chi connectivity index (χ0) is 26.4. The van der Waals surface area contributed by atoms with Crippen molar-refractivity contribution in [1.82, 2.24) is 0 Å². The van der Waals surface area contributed by atoms with Gasteiger partial charge in [-0.15, -0.1) is 0 Å². The lowest BCUT2D eigenvalue weighted by Crippen LogP contribution is -2.30. The Bertz CT molecular complexity index is 492. The van der Waals surface area contributed by atoms with Crippen molar-refractivity contribution in [2.45, 2.75) is 155 Å². The van der Waals surface area contributed by atoms with Crippen LogP contribution in [0, 0.1) is 11.8 Å². The standard InChI is InChI=1S/C30H56O6/c1-25(2)17-13-9-5-7-11-15-23-33-29(31)35-27-19-21-28(22-20-27)36-30(32)34-24-16-12-8-6-10-14-18-26(3)4/h25-28H,5-24H2,1-4H3. The zero-order valence-corrected chi connectivity index (χ0v) is 23.9. The Balaban J connectivity index is 1.93. The van der Waals surface area contributed by atoms with Crippen LogP contribution < -0.4 is 0 Å². The Morgan fingerprint density at radius 1 is 0.528 bits per heavy atom. The second-order valence-electron chi connectivity index (χ2n) is 11.4. The molecule has 1 fully saturated rings. The predicted molar refractivity (Wildman–Crippen MR) is 145 cm³/mol. The van der Waals surface area contributed by atoms with E-state index in [4.69, 9.17) is 18.9 Å². The monoisotopic (exact) mass is 512 g/mol. The van der Waals surface area contributed by atoms with Gasteiger partial charge in [-0.05, 0) is 50.4 Å². The average Bonchev–Trinajstić information content (AvgIpc) is 2.82. The first-order valence-corrected chi connectivity index (χ1v) is 15.0. The van der Waals surface area contributed by atoms with E-state index in [1.54, 1.807) is 0 Å². The van der Waals surface area contributed by atoms with Crippen LogP contribution in [-0.4, -0.2) is 37.7 Å². The van der Waals surface area contributed by atoms with Gasteiger partial charge in [-0.25, -0.2) is 9.59 Å². The minimum Gasteiger partial charge on any atom is -0.434 e. The highest BCUT2D eigenvalue weighted by molar-refractivity contribution is 5.60. The third-order valence-electron chi connectivity index (χ3n) is 6.94. The topological polar surface area (TPSA) is 71.1 Å². The Hall–Kier alpha value is -1.46. The molecule has 36 heavy (non-hydrogen) atoms. The van der Waals surface area contributed by atoms with Crippen LogP contribution in [0.5, 0.6) is 0 Å². The summed E-state index contributed by atoms with van der Waals surface area (Å²) in [5.41, 5.74) is 0. The molecule has 212 valence electrons. The Morgan fingerprint density at radius 3 is 1.17 bits per heavy atom. The van der Waals surface area contributed by atoms with Crippen LogP contribution in [0.4, 0.5) is 9.59 Å². The minimum atomic E-state index is -0.573. The van der Waals surface area contributed by atoms with Crippen molar-refractivity contribution in [2.75, 3.05) is 13.2 Å². The van der Waals surface area contributed by atoms with E-state index in [0.29, 0.717) is 38.9 Å². The van der Waals surface area contributed by atoms with Crippen molar-refractivity contribution < 1.29 is 28.5 Å². The van der Waals surface area contributed by atoms with Crippen LogP contribution in [-0.2, 0) is 18.9 Å². The van der Waals surface area contributed by atoms with Crippen LogP contribution in [0.25, 0.3) is 0 Å². The van der Waals surface area contributed by atoms with Gasteiger partial charge in [-0.3, -0.25) is 0 Å². The molecule has 0 N–H and O–H groups in total. The van der Waals surface area contributed by atoms with Gasteiger partial charge in [-0.1, -0.05) is 105 Å². The van der Waals surface area contributed by atoms with Gasteiger partial charge in [0.1, 0.15) is 12.2 Å². The molecule has 1 saturated carbocycles. The van der Waals surface area contributed by atoms with Crippen molar-refractivity contribution >= 4 is 12.3 Å². The first-order valence-electron chi connectivity index (χ1n) is 15.0. The molecule has 6 nitrogen and oxygen atoms in total. The highest BCUT2D eigenvalue weighted by Gasteiger charge is 2.27. The number of ether oxygens (including phenoxy) is 4. The Morgan fingerprint density at radius 2 is 0.833 bits per heavy atom. The van der Waals surface area contributed by atoms with Crippen molar-refractivity contribution in [3.05, 3.63) is 0 Å². The average molecular weight is 513 g/mol. The number of unbranched alkanes of at least 4 members (excludes halogenated alkanes) is 10. The SMILES string of the molecule is CC(C)CCCCCCCCOC(=O)OC1CCC(OC(=O)OCCCCCCCCC(C)C)CC1. The van der Waals surface area contributed by atoms with Crippen LogP contribution in [0.3, 0.4) is 0 Å². The molecule has 0 unspecified atom stereocenters. The van der Waals surface area contributed by atoms with E-state index >= 15 is 0 Å². The van der Waals surface area contributed by atoms with E-state index in [0.717, 1.165) is 37.5 Å². The molecule has 0 aromatic heterocycles. The third kappa shape index (κ3) is 19.7. The number of hydrogen-bond donors (Lipinski definition) is 0. The van der Waals surface area contributed by atoms with Gasteiger partial charge in [0.25, 0.3) is 0 Å². The van der Waals surface area contributed by atoms with E-state index in [2.05, 4.69) is 27.7 Å². The lowest BCUT2D eigenvalue weighted by atomic mass is 9.95. The van der Waals surface area contributed by atoms with Gasteiger partial charge in [-0.2, -0.15) is 0 Å². The molecule has 1 aliphatic carbocycles. The van der Waals surface area contributed by atoms with Crippen molar-refractivity contribution in [1.29, 1.82) is 0 Å². The lowest BCUT2D eigenvalue weighted by molar-refractivity contribution is -0.0271. The predicted octanol–water partition coefficient (Wildman–Crippen LogP) is 9.38. The summed E-state index contributed by atoms with van der Waals surface area (Å²) in [6, 6.07) is 0. The van der Waals surface area contributed by atoms with E-state index < -0.39 is 12.3 Å². The lowest BCUT2D eigenvalue weighted by Gasteiger charge is -2.27. The van der Waals surface area contributed by atoms with Gasteiger partial charge in [0.2, 0.25) is 0 Å². The molecule has 0 aromatic carbocycles. The highest BCUT2D eigenvalue weighted by Crippen LogP contribution is 2.24. The molecule has 1 rings (SSSR count). The molecule has 0 atom stereocenters. The number of hydrogen-bond acceptors (Lipinski definition) is 6. The van der Waals surface area contributed by atoms with Gasteiger partial charge >= 0.3 is 12.3 Å². The Labute approximate surface area is 221 Å². The van der Waals surface area contributed by atoms with Crippen molar-refractivity contribution in [3.63, 3.8) is 0 Å². The smallest absolute Gasteiger partial charge is 0.434 e. The fraction of sp³-hybridized carbons (Fsp3) is 0.933. The second kappa shape index (κ2) is 21.6. The number of carbonyl (C=O) groups excluding carboxylic acids is 2. The van der Waals surface area contributed by atoms with E-state index in [1.165, 1.54) is 64.2 Å². The maximum atomic E-state index is 11.9. The summed E-state index contributed by atoms with van der Waals surface area (Å²) < 4.78 is 21.3. The number of carbonyl (C=O) groups is 2. The molecule has 0 spiro atoms. The molecule has 0 amide bonds. The minimum absolute atomic E-state index is 0.158. The van der Waals surface area contributed by atoms with Crippen molar-refractivity contribution in [2.24, 2.45) is 11.8 Å². The largest absolute Gasteiger partial charge is 0.508 e. The molecular weight excluding hydrogens is 456 g/mol. The van der Waals surface area contributed by atoms with Gasteiger partial charge < -0.3 is 18.9 Å². The molecule has 1 aliphatic rings. The van der Waals surface area contributed by atoms with E-state index in [9.17, 15) is 9.59 Å². The van der Waals surface area contributed by atoms with Crippen LogP contribution in [0.1, 0.15) is 143 Å². The van der Waals surface area contributed by atoms with Crippen molar-refractivity contribution in [3.8, 4) is 0 Å². The maximum Gasteiger partial charge on any atom is 0.508 e. The van der Waals surface area contributed by atoms with Gasteiger partial charge in [0.05, 0.1) is 13.2 Å². The first-order chi connectivity index (χ1) is 17.4. The maximum absolute atomic E-state index is 11.9. The third-order valence-corrected chi connectivity index (χ3v) is 6.94. The normalized spacial score (nSPS) is 17.8. The van der Waals surface area contributed by atoms with Crippen LogP contribution in [0.15, 0.2) is 0 Å². The summed E-state index contributed by atoms with van der Waals surface area (Å²) in [7, 11) is 0. The van der Waals surface area contributed by atoms with E-state index in [-0.39, 0.29) is 12.2 Å². The Kier molecular flexibility index (Phi) is 19.5. The van der Waals surface area contributed by atoms with Crippen LogP contribution in [0.2, 0.25) is 0 Å². The summed E-state index contributed by atoms with van der Waals surface area (Å²) in [6.07, 6.45) is 18.0. The molecule has 0 radical (unpaired) electrons. The fourth-order valence-corrected chi connectivity index (χ4v) is 4.64. The summed E-state index contributed by atoms with van der Waals surface area (Å²) in [5.74, 6) is 1.59. The van der Waals surface area contributed by atoms with Crippen LogP contribution >= 0.6 is 0 Å². The molecule has 0 heterocycles. The quantitative estimate of drug-likeness (QED) is 0.119. The zero-order valence-electron chi connectivity index (χ0n) is 23.9. The molecule has 0 saturated heterocycles. The van der Waals surface area contributed by atoms with Gasteiger partial charge in [0.15, 0.2) is 0 Å². The summed E-state index contributed by atoms with van der Waals surface area (Å²) in [5, 5.41) is 0. The molecule has 0 bridgehead atoms. The summed E-state index contributed by atoms with van der Waals surface area (Å²) in [4.78, 5) is 23.9.